The first-order valence-corrected chi connectivity index (χ1v) is 13.4. The molecule has 39 heavy (non-hydrogen) atoms. The van der Waals surface area contributed by atoms with Crippen molar-refractivity contribution in [3.63, 3.8) is 0 Å². The Morgan fingerprint density at radius 2 is 1.77 bits per heavy atom. The van der Waals surface area contributed by atoms with Crippen molar-refractivity contribution in [2.24, 2.45) is 0 Å². The molecule has 8 nitrogen and oxygen atoms in total. The Morgan fingerprint density at radius 1 is 1.05 bits per heavy atom. The summed E-state index contributed by atoms with van der Waals surface area (Å²) in [6.45, 7) is 4.09. The first kappa shape index (κ1) is 28.1. The van der Waals surface area contributed by atoms with Crippen LogP contribution >= 0.6 is 0 Å². The van der Waals surface area contributed by atoms with Crippen LogP contribution in [0.3, 0.4) is 0 Å². The van der Waals surface area contributed by atoms with Crippen molar-refractivity contribution in [3.05, 3.63) is 84.4 Å². The van der Waals surface area contributed by atoms with Crippen molar-refractivity contribution >= 4 is 21.5 Å². The number of benzene rings is 2. The molecule has 0 amide bonds. The van der Waals surface area contributed by atoms with E-state index in [0.717, 1.165) is 17.8 Å². The Bertz CT molecular complexity index is 1530. The van der Waals surface area contributed by atoms with Crippen LogP contribution in [0.25, 0.3) is 11.3 Å². The molecule has 0 unspecified atom stereocenters. The zero-order valence-corrected chi connectivity index (χ0v) is 22.6. The third-order valence-electron chi connectivity index (χ3n) is 6.09. The number of imidazole rings is 1. The Morgan fingerprint density at radius 3 is 2.33 bits per heavy atom. The fourth-order valence-electron chi connectivity index (χ4n) is 3.79. The highest BCUT2D eigenvalue weighted by atomic mass is 32.2. The summed E-state index contributed by atoms with van der Waals surface area (Å²) in [5, 5.41) is 3.00. The summed E-state index contributed by atoms with van der Waals surface area (Å²) in [5.41, 5.74) is 1.30. The second kappa shape index (κ2) is 11.1. The fraction of sp³-hybridized carbons (Fsp3) is 0.259. The van der Waals surface area contributed by atoms with Crippen LogP contribution in [0.5, 0.6) is 5.75 Å². The number of methoxy groups -OCH3 is 1. The van der Waals surface area contributed by atoms with Gasteiger partial charge in [-0.05, 0) is 61.9 Å². The maximum absolute atomic E-state index is 13.5. The summed E-state index contributed by atoms with van der Waals surface area (Å²) in [6.07, 6.45) is -0.351. The van der Waals surface area contributed by atoms with Gasteiger partial charge in [0.1, 0.15) is 11.6 Å². The smallest absolute Gasteiger partial charge is 0.417 e. The molecular weight excluding hydrogens is 531 g/mol. The number of sulfonamides is 1. The van der Waals surface area contributed by atoms with Crippen LogP contribution in [0, 0.1) is 0 Å². The maximum Gasteiger partial charge on any atom is 0.417 e. The predicted molar refractivity (Wildman–Crippen MR) is 142 cm³/mol. The molecule has 0 radical (unpaired) electrons. The average molecular weight is 560 g/mol. The summed E-state index contributed by atoms with van der Waals surface area (Å²) in [7, 11) is -0.859. The SMILES string of the molecule is COc1ccc(CN(C)S(=O)(=O)c2ccc(Nc3ccc(C(F)(F)F)cn3)c(-c3cn(C(C)C)cn3)c2)cc1. The van der Waals surface area contributed by atoms with E-state index in [9.17, 15) is 21.6 Å². The third-order valence-corrected chi connectivity index (χ3v) is 7.89. The Labute approximate surface area is 225 Å². The third kappa shape index (κ3) is 6.40. The molecule has 0 fully saturated rings. The van der Waals surface area contributed by atoms with Crippen LogP contribution in [0.4, 0.5) is 24.7 Å². The van der Waals surface area contributed by atoms with E-state index in [2.05, 4.69) is 15.3 Å². The van der Waals surface area contributed by atoms with Gasteiger partial charge in [-0.2, -0.15) is 17.5 Å². The zero-order chi connectivity index (χ0) is 28.4. The quantitative estimate of drug-likeness (QED) is 0.266. The van der Waals surface area contributed by atoms with Gasteiger partial charge < -0.3 is 14.6 Å². The first-order chi connectivity index (χ1) is 18.4. The lowest BCUT2D eigenvalue weighted by molar-refractivity contribution is -0.137. The first-order valence-electron chi connectivity index (χ1n) is 12.0. The molecule has 2 aromatic heterocycles. The Balaban J connectivity index is 1.69. The molecule has 0 saturated carbocycles. The minimum absolute atomic E-state index is 0.0403. The van der Waals surface area contributed by atoms with Gasteiger partial charge in [0, 0.05) is 43.3 Å². The van der Waals surface area contributed by atoms with E-state index in [4.69, 9.17) is 4.74 Å². The standard InChI is InChI=1S/C27H28F3N5O3S/c1-18(2)35-16-25(32-17-35)23-13-22(39(36,37)34(3)15-19-5-8-21(38-4)9-6-19)10-11-24(23)33-26-12-7-20(14-31-26)27(28,29)30/h5-14,16-18H,15H2,1-4H3,(H,31,33). The molecule has 0 bridgehead atoms. The molecule has 2 aromatic carbocycles. The number of nitrogens with zero attached hydrogens (tertiary/aromatic N) is 4. The average Bonchev–Trinajstić information content (AvgIpc) is 3.40. The monoisotopic (exact) mass is 559 g/mol. The Kier molecular flexibility index (Phi) is 7.98. The molecule has 0 atom stereocenters. The summed E-state index contributed by atoms with van der Waals surface area (Å²) >= 11 is 0. The van der Waals surface area contributed by atoms with E-state index >= 15 is 0 Å². The van der Waals surface area contributed by atoms with Crippen LogP contribution in [0.15, 0.2) is 78.2 Å². The van der Waals surface area contributed by atoms with Gasteiger partial charge in [0.25, 0.3) is 0 Å². The second-order valence-electron chi connectivity index (χ2n) is 9.17. The van der Waals surface area contributed by atoms with Crippen LogP contribution < -0.4 is 10.1 Å². The lowest BCUT2D eigenvalue weighted by atomic mass is 10.1. The van der Waals surface area contributed by atoms with E-state index in [-0.39, 0.29) is 23.3 Å². The van der Waals surface area contributed by atoms with Crippen LogP contribution in [0.2, 0.25) is 0 Å². The van der Waals surface area contributed by atoms with Crippen LogP contribution in [-0.4, -0.2) is 41.4 Å². The molecule has 0 aliphatic carbocycles. The van der Waals surface area contributed by atoms with Crippen molar-refractivity contribution in [1.82, 2.24) is 18.8 Å². The van der Waals surface area contributed by atoms with Gasteiger partial charge in [-0.1, -0.05) is 12.1 Å². The molecular formula is C27H28F3N5O3S. The number of hydrogen-bond donors (Lipinski definition) is 1. The Hall–Kier alpha value is -3.90. The van der Waals surface area contributed by atoms with Gasteiger partial charge in [-0.15, -0.1) is 0 Å². The van der Waals surface area contributed by atoms with Gasteiger partial charge in [0.2, 0.25) is 10.0 Å². The zero-order valence-electron chi connectivity index (χ0n) is 21.8. The summed E-state index contributed by atoms with van der Waals surface area (Å²) < 4.78 is 74.1. The number of pyridine rings is 1. The van der Waals surface area contributed by atoms with E-state index in [1.807, 2.05) is 18.4 Å². The number of halogens is 3. The summed E-state index contributed by atoms with van der Waals surface area (Å²) in [5.74, 6) is 0.833. The minimum atomic E-state index is -4.51. The predicted octanol–water partition coefficient (Wildman–Crippen LogP) is 6.12. The number of ether oxygens (including phenoxy) is 1. The van der Waals surface area contributed by atoms with E-state index in [1.165, 1.54) is 29.6 Å². The van der Waals surface area contributed by atoms with Gasteiger partial charge in [-0.25, -0.2) is 18.4 Å². The van der Waals surface area contributed by atoms with E-state index in [0.29, 0.717) is 22.7 Å². The molecule has 206 valence electrons. The highest BCUT2D eigenvalue weighted by molar-refractivity contribution is 7.89. The van der Waals surface area contributed by atoms with Crippen molar-refractivity contribution < 1.29 is 26.3 Å². The number of rotatable bonds is 9. The molecule has 2 heterocycles. The van der Waals surface area contributed by atoms with E-state index in [1.54, 1.807) is 50.0 Å². The molecule has 4 aromatic rings. The van der Waals surface area contributed by atoms with Crippen molar-refractivity contribution in [1.29, 1.82) is 0 Å². The summed E-state index contributed by atoms with van der Waals surface area (Å²) in [6, 6.07) is 13.8. The molecule has 0 aliphatic heterocycles. The molecule has 12 heteroatoms. The molecule has 0 spiro atoms. The minimum Gasteiger partial charge on any atom is -0.497 e. The van der Waals surface area contributed by atoms with Crippen molar-refractivity contribution in [2.75, 3.05) is 19.5 Å². The number of aromatic nitrogens is 3. The lowest BCUT2D eigenvalue weighted by Gasteiger charge is -2.19. The van der Waals surface area contributed by atoms with Crippen LogP contribution in [-0.2, 0) is 22.7 Å². The molecule has 0 aliphatic rings. The number of alkyl halides is 3. The summed E-state index contributed by atoms with van der Waals surface area (Å²) in [4.78, 5) is 8.36. The normalized spacial score (nSPS) is 12.2. The molecule has 1 N–H and O–H groups in total. The number of hydrogen-bond acceptors (Lipinski definition) is 6. The van der Waals surface area contributed by atoms with Crippen LogP contribution in [0.1, 0.15) is 31.0 Å². The second-order valence-corrected chi connectivity index (χ2v) is 11.2. The topological polar surface area (TPSA) is 89.4 Å². The van der Waals surface area contributed by atoms with Crippen molar-refractivity contribution in [3.8, 4) is 17.0 Å². The van der Waals surface area contributed by atoms with Gasteiger partial charge in [0.15, 0.2) is 0 Å². The highest BCUT2D eigenvalue weighted by Crippen LogP contribution is 2.34. The van der Waals surface area contributed by atoms with E-state index < -0.39 is 21.8 Å². The number of nitrogens with one attached hydrogen (secondary N) is 1. The largest absolute Gasteiger partial charge is 0.497 e. The van der Waals surface area contributed by atoms with Crippen molar-refractivity contribution in [2.45, 2.75) is 37.5 Å². The number of anilines is 2. The highest BCUT2D eigenvalue weighted by Gasteiger charge is 2.30. The fourth-order valence-corrected chi connectivity index (χ4v) is 4.98. The molecule has 4 rings (SSSR count). The molecule has 0 saturated heterocycles. The lowest BCUT2D eigenvalue weighted by Crippen LogP contribution is -2.26. The maximum atomic E-state index is 13.5. The van der Waals surface area contributed by atoms with Gasteiger partial charge in [0.05, 0.1) is 29.6 Å². The van der Waals surface area contributed by atoms with Gasteiger partial charge in [-0.3, -0.25) is 0 Å². The van der Waals surface area contributed by atoms with Gasteiger partial charge >= 0.3 is 6.18 Å².